The molecule has 23 heavy (non-hydrogen) atoms. The molecule has 0 bridgehead atoms. The van der Waals surface area contributed by atoms with E-state index in [2.05, 4.69) is 5.32 Å². The van der Waals surface area contributed by atoms with Crippen LogP contribution < -0.4 is 10.2 Å². The Kier molecular flexibility index (Phi) is 4.79. The topological polar surface area (TPSA) is 76.9 Å². The van der Waals surface area contributed by atoms with E-state index in [0.717, 1.165) is 25.9 Å². The van der Waals surface area contributed by atoms with Crippen molar-refractivity contribution < 1.29 is 22.8 Å². The van der Waals surface area contributed by atoms with Crippen LogP contribution in [-0.2, 0) is 14.6 Å². The van der Waals surface area contributed by atoms with Gasteiger partial charge in [-0.3, -0.25) is 5.32 Å². The van der Waals surface area contributed by atoms with Crippen LogP contribution >= 0.6 is 11.6 Å². The summed E-state index contributed by atoms with van der Waals surface area (Å²) in [7, 11) is -3.15. The number of nitrogens with one attached hydrogen (secondary N) is 2. The van der Waals surface area contributed by atoms with Crippen LogP contribution in [0.25, 0.3) is 0 Å². The van der Waals surface area contributed by atoms with Crippen molar-refractivity contribution in [1.29, 1.82) is 0 Å². The highest BCUT2D eigenvalue weighted by molar-refractivity contribution is 7.91. The van der Waals surface area contributed by atoms with Crippen LogP contribution in [0.4, 0.5) is 10.5 Å². The smallest absolute Gasteiger partial charge is 0.412 e. The molecule has 0 aromatic heterocycles. The van der Waals surface area contributed by atoms with Crippen LogP contribution in [0.2, 0.25) is 5.02 Å². The van der Waals surface area contributed by atoms with Gasteiger partial charge < -0.3 is 9.64 Å². The second-order valence-corrected chi connectivity index (χ2v) is 8.71. The SMILES string of the molecule is O=C(Nc1ccc(Cl)cc1)O[C@H]1CS(=O)(=O)C[C@@H]1[NH+]1CCCC1. The molecule has 1 amide bonds. The summed E-state index contributed by atoms with van der Waals surface area (Å²) in [5.74, 6) is 0.0103. The van der Waals surface area contributed by atoms with E-state index < -0.39 is 22.0 Å². The number of likely N-dealkylation sites (tertiary alicyclic amines) is 1. The van der Waals surface area contributed by atoms with Crippen molar-refractivity contribution in [2.45, 2.75) is 25.0 Å². The lowest BCUT2D eigenvalue weighted by Crippen LogP contribution is -3.15. The zero-order valence-corrected chi connectivity index (χ0v) is 14.2. The quantitative estimate of drug-likeness (QED) is 0.834. The molecular formula is C15H20ClN2O4S+. The van der Waals surface area contributed by atoms with E-state index in [1.165, 1.54) is 4.90 Å². The van der Waals surface area contributed by atoms with Gasteiger partial charge in [-0.2, -0.15) is 0 Å². The van der Waals surface area contributed by atoms with Crippen molar-refractivity contribution in [3.63, 3.8) is 0 Å². The minimum Gasteiger partial charge on any atom is -0.439 e. The van der Waals surface area contributed by atoms with Crippen LogP contribution in [0.1, 0.15) is 12.8 Å². The van der Waals surface area contributed by atoms with Crippen molar-refractivity contribution in [3.05, 3.63) is 29.3 Å². The highest BCUT2D eigenvalue weighted by atomic mass is 35.5. The summed E-state index contributed by atoms with van der Waals surface area (Å²) < 4.78 is 29.3. The van der Waals surface area contributed by atoms with Gasteiger partial charge in [0, 0.05) is 23.6 Å². The van der Waals surface area contributed by atoms with Gasteiger partial charge in [0.15, 0.2) is 15.9 Å². The molecule has 2 aliphatic rings. The molecule has 0 aliphatic carbocycles. The number of halogens is 1. The molecule has 0 radical (unpaired) electrons. The van der Waals surface area contributed by atoms with Gasteiger partial charge in [0.25, 0.3) is 0 Å². The number of carbonyl (C=O) groups excluding carboxylic acids is 1. The first-order valence-electron chi connectivity index (χ1n) is 7.71. The molecule has 0 spiro atoms. The van der Waals surface area contributed by atoms with Crippen LogP contribution in [0.5, 0.6) is 0 Å². The maximum atomic E-state index is 12.1. The number of carbonyl (C=O) groups is 1. The Morgan fingerprint density at radius 2 is 1.83 bits per heavy atom. The van der Waals surface area contributed by atoms with Crippen LogP contribution in [0.3, 0.4) is 0 Å². The summed E-state index contributed by atoms with van der Waals surface area (Å²) in [4.78, 5) is 13.3. The van der Waals surface area contributed by atoms with E-state index in [1.807, 2.05) is 0 Å². The summed E-state index contributed by atoms with van der Waals surface area (Å²) >= 11 is 5.80. The zero-order chi connectivity index (χ0) is 16.4. The van der Waals surface area contributed by atoms with Gasteiger partial charge >= 0.3 is 6.09 Å². The number of hydrogen-bond acceptors (Lipinski definition) is 4. The Bertz CT molecular complexity index is 671. The Labute approximate surface area is 140 Å². The number of ether oxygens (including phenoxy) is 1. The van der Waals surface area contributed by atoms with Crippen molar-refractivity contribution in [3.8, 4) is 0 Å². The number of anilines is 1. The minimum atomic E-state index is -3.15. The lowest BCUT2D eigenvalue weighted by molar-refractivity contribution is -0.913. The normalized spacial score (nSPS) is 27.0. The summed E-state index contributed by atoms with van der Waals surface area (Å²) in [5, 5.41) is 3.18. The highest BCUT2D eigenvalue weighted by Crippen LogP contribution is 2.17. The second-order valence-electron chi connectivity index (χ2n) is 6.12. The second kappa shape index (κ2) is 6.67. The molecule has 1 aromatic carbocycles. The van der Waals surface area contributed by atoms with Gasteiger partial charge in [0.2, 0.25) is 0 Å². The molecule has 6 nitrogen and oxygen atoms in total. The van der Waals surface area contributed by atoms with Crippen LogP contribution in [0.15, 0.2) is 24.3 Å². The predicted molar refractivity (Wildman–Crippen MR) is 87.7 cm³/mol. The van der Waals surface area contributed by atoms with Crippen molar-refractivity contribution in [1.82, 2.24) is 0 Å². The fraction of sp³-hybridized carbons (Fsp3) is 0.533. The monoisotopic (exact) mass is 359 g/mol. The first kappa shape index (κ1) is 16.5. The van der Waals surface area contributed by atoms with Crippen LogP contribution in [-0.4, -0.2) is 51.3 Å². The Morgan fingerprint density at radius 3 is 2.48 bits per heavy atom. The van der Waals surface area contributed by atoms with E-state index in [-0.39, 0.29) is 17.5 Å². The number of rotatable bonds is 3. The summed E-state index contributed by atoms with van der Waals surface area (Å²) in [5.41, 5.74) is 0.560. The standard InChI is InChI=1S/C15H19ClN2O4S/c16-11-3-5-12(6-4-11)17-15(19)22-14-10-23(20,21)9-13(14)18-7-1-2-8-18/h3-6,13-14H,1-2,7-10H2,(H,17,19)/p+1/t13-,14-/m0/s1. The van der Waals surface area contributed by atoms with Crippen LogP contribution in [0, 0.1) is 0 Å². The third-order valence-corrected chi connectivity index (χ3v) is 6.38. The maximum Gasteiger partial charge on any atom is 0.412 e. The number of benzene rings is 1. The zero-order valence-electron chi connectivity index (χ0n) is 12.6. The molecule has 3 rings (SSSR count). The van der Waals surface area contributed by atoms with E-state index in [9.17, 15) is 13.2 Å². The third-order valence-electron chi connectivity index (χ3n) is 4.42. The molecule has 0 saturated carbocycles. The molecule has 2 heterocycles. The van der Waals surface area contributed by atoms with E-state index in [1.54, 1.807) is 24.3 Å². The number of amides is 1. The molecule has 126 valence electrons. The first-order valence-corrected chi connectivity index (χ1v) is 9.91. The van der Waals surface area contributed by atoms with Gasteiger partial charge in [0.05, 0.1) is 18.8 Å². The summed E-state index contributed by atoms with van der Waals surface area (Å²) in [6.45, 7) is 1.89. The van der Waals surface area contributed by atoms with Crippen molar-refractivity contribution >= 4 is 33.2 Å². The molecule has 2 aliphatic heterocycles. The number of hydrogen-bond donors (Lipinski definition) is 2. The molecule has 0 unspecified atom stereocenters. The summed E-state index contributed by atoms with van der Waals surface area (Å²) in [6.07, 6.45) is 0.976. The minimum absolute atomic E-state index is 0.0881. The lowest BCUT2D eigenvalue weighted by atomic mass is 10.2. The lowest BCUT2D eigenvalue weighted by Gasteiger charge is -2.24. The Morgan fingerprint density at radius 1 is 1.17 bits per heavy atom. The third kappa shape index (κ3) is 4.16. The summed E-state index contributed by atoms with van der Waals surface area (Å²) in [6, 6.07) is 6.50. The molecule has 8 heteroatoms. The van der Waals surface area contributed by atoms with E-state index >= 15 is 0 Å². The molecule has 1 aromatic rings. The number of quaternary nitrogens is 1. The fourth-order valence-electron chi connectivity index (χ4n) is 3.33. The van der Waals surface area contributed by atoms with E-state index in [0.29, 0.717) is 10.7 Å². The Balaban J connectivity index is 1.64. The molecular weight excluding hydrogens is 340 g/mol. The van der Waals surface area contributed by atoms with E-state index in [4.69, 9.17) is 16.3 Å². The largest absolute Gasteiger partial charge is 0.439 e. The maximum absolute atomic E-state index is 12.1. The average molecular weight is 360 g/mol. The van der Waals surface area contributed by atoms with Gasteiger partial charge in [-0.1, -0.05) is 11.6 Å². The van der Waals surface area contributed by atoms with Crippen molar-refractivity contribution in [2.75, 3.05) is 29.9 Å². The van der Waals surface area contributed by atoms with Gasteiger partial charge in [-0.05, 0) is 24.3 Å². The Hall–Kier alpha value is -1.31. The molecule has 2 fully saturated rings. The van der Waals surface area contributed by atoms with Crippen molar-refractivity contribution in [2.24, 2.45) is 0 Å². The fourth-order valence-corrected chi connectivity index (χ4v) is 5.39. The van der Waals surface area contributed by atoms with Gasteiger partial charge in [0.1, 0.15) is 11.8 Å². The first-order chi connectivity index (χ1) is 10.9. The average Bonchev–Trinajstić information content (AvgIpc) is 3.09. The van der Waals surface area contributed by atoms with Gasteiger partial charge in [-0.25, -0.2) is 13.2 Å². The molecule has 2 N–H and O–H groups in total. The van der Waals surface area contributed by atoms with Gasteiger partial charge in [-0.15, -0.1) is 0 Å². The molecule has 2 saturated heterocycles. The highest BCUT2D eigenvalue weighted by Gasteiger charge is 2.47. The molecule has 2 atom stereocenters. The number of sulfone groups is 1. The predicted octanol–water partition coefficient (Wildman–Crippen LogP) is 0.733.